The van der Waals surface area contributed by atoms with E-state index in [9.17, 15) is 0 Å². The van der Waals surface area contributed by atoms with Gasteiger partial charge in [-0.05, 0) is 24.6 Å². The molecule has 0 bridgehead atoms. The number of furan rings is 1. The third-order valence-electron chi connectivity index (χ3n) is 2.98. The van der Waals surface area contributed by atoms with Crippen LogP contribution in [-0.2, 0) is 5.75 Å². The number of hydrogen-bond acceptors (Lipinski definition) is 6. The highest BCUT2D eigenvalue weighted by Crippen LogP contribution is 2.28. The van der Waals surface area contributed by atoms with Crippen LogP contribution in [0.25, 0.3) is 11.5 Å². The summed E-state index contributed by atoms with van der Waals surface area (Å²) in [6, 6.07) is 11.4. The highest BCUT2D eigenvalue weighted by Gasteiger charge is 2.13. The minimum Gasteiger partial charge on any atom is -0.469 e. The molecule has 0 aliphatic carbocycles. The summed E-state index contributed by atoms with van der Waals surface area (Å²) in [6.07, 6.45) is 1.59. The van der Waals surface area contributed by atoms with E-state index in [1.165, 1.54) is 11.8 Å². The molecule has 21 heavy (non-hydrogen) atoms. The first-order valence-corrected chi connectivity index (χ1v) is 7.25. The summed E-state index contributed by atoms with van der Waals surface area (Å²) < 4.78 is 10.8. The van der Waals surface area contributed by atoms with Crippen LogP contribution >= 0.6 is 11.8 Å². The monoisotopic (exact) mass is 297 g/mol. The van der Waals surface area contributed by atoms with Gasteiger partial charge in [-0.2, -0.15) is 5.26 Å². The van der Waals surface area contributed by atoms with Crippen LogP contribution in [0.3, 0.4) is 0 Å². The normalized spacial score (nSPS) is 10.5. The van der Waals surface area contributed by atoms with E-state index in [-0.39, 0.29) is 0 Å². The lowest BCUT2D eigenvalue weighted by molar-refractivity contribution is 0.463. The maximum Gasteiger partial charge on any atom is 0.277 e. The number of nitrogens with zero attached hydrogens (tertiary/aromatic N) is 3. The van der Waals surface area contributed by atoms with Crippen LogP contribution in [0.1, 0.15) is 16.9 Å². The molecule has 0 atom stereocenters. The van der Waals surface area contributed by atoms with Gasteiger partial charge < -0.3 is 8.83 Å². The van der Waals surface area contributed by atoms with E-state index < -0.39 is 0 Å². The number of rotatable bonds is 4. The summed E-state index contributed by atoms with van der Waals surface area (Å²) in [5, 5.41) is 17.5. The average Bonchev–Trinajstić information content (AvgIpc) is 3.14. The minimum atomic E-state index is 0.442. The lowest BCUT2D eigenvalue weighted by Gasteiger charge is -2.00. The third kappa shape index (κ3) is 2.83. The lowest BCUT2D eigenvalue weighted by atomic mass is 10.1. The van der Waals surface area contributed by atoms with E-state index in [1.54, 1.807) is 18.4 Å². The van der Waals surface area contributed by atoms with Gasteiger partial charge in [0, 0.05) is 5.75 Å². The van der Waals surface area contributed by atoms with Crippen molar-refractivity contribution in [2.45, 2.75) is 17.9 Å². The van der Waals surface area contributed by atoms with Crippen molar-refractivity contribution in [1.82, 2.24) is 10.2 Å². The molecule has 0 unspecified atom stereocenters. The Labute approximate surface area is 125 Å². The van der Waals surface area contributed by atoms with Crippen LogP contribution in [0, 0.1) is 18.3 Å². The van der Waals surface area contributed by atoms with Gasteiger partial charge in [0.2, 0.25) is 0 Å². The maximum absolute atomic E-state index is 9.05. The fourth-order valence-electron chi connectivity index (χ4n) is 1.88. The molecule has 0 radical (unpaired) electrons. The van der Waals surface area contributed by atoms with Crippen LogP contribution in [0.5, 0.6) is 0 Å². The molecule has 6 heteroatoms. The van der Waals surface area contributed by atoms with E-state index in [0.717, 1.165) is 16.9 Å². The SMILES string of the molecule is Cc1occc1-c1nnc(SCc2ccccc2C#N)o1. The van der Waals surface area contributed by atoms with Gasteiger partial charge in [0.15, 0.2) is 0 Å². The molecule has 0 N–H and O–H groups in total. The van der Waals surface area contributed by atoms with Gasteiger partial charge >= 0.3 is 0 Å². The molecule has 0 saturated carbocycles. The topological polar surface area (TPSA) is 75.8 Å². The van der Waals surface area contributed by atoms with Crippen molar-refractivity contribution >= 4 is 11.8 Å². The van der Waals surface area contributed by atoms with Crippen molar-refractivity contribution in [3.05, 3.63) is 53.5 Å². The molecule has 0 fully saturated rings. The molecular weight excluding hydrogens is 286 g/mol. The summed E-state index contributed by atoms with van der Waals surface area (Å²) in [5.41, 5.74) is 2.41. The number of aryl methyl sites for hydroxylation is 1. The first-order chi connectivity index (χ1) is 10.3. The molecule has 2 heterocycles. The predicted molar refractivity (Wildman–Crippen MR) is 77.5 cm³/mol. The second-order valence-electron chi connectivity index (χ2n) is 4.32. The Hall–Kier alpha value is -2.52. The van der Waals surface area contributed by atoms with Gasteiger partial charge in [-0.3, -0.25) is 0 Å². The second kappa shape index (κ2) is 5.85. The van der Waals surface area contributed by atoms with Crippen LogP contribution < -0.4 is 0 Å². The molecule has 0 aliphatic rings. The van der Waals surface area contributed by atoms with Crippen molar-refractivity contribution in [3.63, 3.8) is 0 Å². The van der Waals surface area contributed by atoms with E-state index in [1.807, 2.05) is 25.1 Å². The maximum atomic E-state index is 9.05. The molecule has 0 aliphatic heterocycles. The average molecular weight is 297 g/mol. The quantitative estimate of drug-likeness (QED) is 0.682. The summed E-state index contributed by atoms with van der Waals surface area (Å²) in [5.74, 6) is 1.79. The molecule has 0 spiro atoms. The molecular formula is C15H11N3O2S. The zero-order valence-corrected chi connectivity index (χ0v) is 12.1. The van der Waals surface area contributed by atoms with Crippen molar-refractivity contribution in [2.24, 2.45) is 0 Å². The fourth-order valence-corrected chi connectivity index (χ4v) is 2.65. The highest BCUT2D eigenvalue weighted by atomic mass is 32.2. The number of aromatic nitrogens is 2. The predicted octanol–water partition coefficient (Wildman–Crippen LogP) is 3.80. The molecule has 3 rings (SSSR count). The van der Waals surface area contributed by atoms with Gasteiger partial charge in [-0.25, -0.2) is 0 Å². The zero-order valence-electron chi connectivity index (χ0n) is 11.2. The van der Waals surface area contributed by atoms with Gasteiger partial charge in [-0.1, -0.05) is 30.0 Å². The summed E-state index contributed by atoms with van der Waals surface area (Å²) >= 11 is 1.41. The Balaban J connectivity index is 1.74. The highest BCUT2D eigenvalue weighted by molar-refractivity contribution is 7.98. The van der Waals surface area contributed by atoms with Crippen LogP contribution in [0.4, 0.5) is 0 Å². The molecule has 1 aromatic carbocycles. The summed E-state index contributed by atoms with van der Waals surface area (Å²) in [7, 11) is 0. The van der Waals surface area contributed by atoms with E-state index >= 15 is 0 Å². The van der Waals surface area contributed by atoms with Crippen LogP contribution in [0.15, 0.2) is 50.7 Å². The van der Waals surface area contributed by atoms with Crippen molar-refractivity contribution < 1.29 is 8.83 Å². The van der Waals surface area contributed by atoms with Gasteiger partial charge in [0.1, 0.15) is 5.76 Å². The van der Waals surface area contributed by atoms with Gasteiger partial charge in [0.25, 0.3) is 11.1 Å². The van der Waals surface area contributed by atoms with E-state index in [4.69, 9.17) is 14.1 Å². The lowest BCUT2D eigenvalue weighted by Crippen LogP contribution is -1.86. The number of benzene rings is 1. The molecule has 0 saturated heterocycles. The molecule has 0 amide bonds. The third-order valence-corrected chi connectivity index (χ3v) is 3.85. The fraction of sp³-hybridized carbons (Fsp3) is 0.133. The first-order valence-electron chi connectivity index (χ1n) is 6.26. The van der Waals surface area contributed by atoms with E-state index in [2.05, 4.69) is 16.3 Å². The Bertz CT molecular complexity index is 801. The molecule has 2 aromatic heterocycles. The van der Waals surface area contributed by atoms with Crippen molar-refractivity contribution in [2.75, 3.05) is 0 Å². The second-order valence-corrected chi connectivity index (χ2v) is 5.25. The number of nitriles is 1. The molecule has 104 valence electrons. The number of hydrogen-bond donors (Lipinski definition) is 0. The standard InChI is InChI=1S/C15H11N3O2S/c1-10-13(6-7-19-10)14-17-18-15(20-14)21-9-12-5-3-2-4-11(12)8-16/h2-7H,9H2,1H3. The number of thioether (sulfide) groups is 1. The Morgan fingerprint density at radius 3 is 2.86 bits per heavy atom. The van der Waals surface area contributed by atoms with Gasteiger partial charge in [0.05, 0.1) is 23.5 Å². The molecule has 3 aromatic rings. The van der Waals surface area contributed by atoms with Crippen molar-refractivity contribution in [3.8, 4) is 17.5 Å². The Kier molecular flexibility index (Phi) is 3.75. The van der Waals surface area contributed by atoms with Crippen LogP contribution in [0.2, 0.25) is 0 Å². The molecule has 5 nitrogen and oxygen atoms in total. The Morgan fingerprint density at radius 2 is 2.10 bits per heavy atom. The minimum absolute atomic E-state index is 0.442. The largest absolute Gasteiger partial charge is 0.469 e. The van der Waals surface area contributed by atoms with E-state index in [0.29, 0.717) is 22.4 Å². The van der Waals surface area contributed by atoms with Crippen LogP contribution in [-0.4, -0.2) is 10.2 Å². The first kappa shape index (κ1) is 13.5. The summed E-state index contributed by atoms with van der Waals surface area (Å²) in [4.78, 5) is 0. The van der Waals surface area contributed by atoms with Gasteiger partial charge in [-0.15, -0.1) is 10.2 Å². The van der Waals surface area contributed by atoms with Crippen molar-refractivity contribution in [1.29, 1.82) is 5.26 Å². The Morgan fingerprint density at radius 1 is 1.24 bits per heavy atom. The smallest absolute Gasteiger partial charge is 0.277 e. The zero-order chi connectivity index (χ0) is 14.7. The summed E-state index contributed by atoms with van der Waals surface area (Å²) in [6.45, 7) is 1.84.